The van der Waals surface area contributed by atoms with Crippen molar-refractivity contribution in [2.24, 2.45) is 0 Å². The topological polar surface area (TPSA) is 101 Å². The number of ketones is 1. The van der Waals surface area contributed by atoms with Gasteiger partial charge in [0, 0.05) is 17.7 Å². The van der Waals surface area contributed by atoms with Crippen molar-refractivity contribution in [2.45, 2.75) is 19.4 Å². The molecule has 1 rings (SSSR count). The summed E-state index contributed by atoms with van der Waals surface area (Å²) in [6.45, 7) is 1.39. The van der Waals surface area contributed by atoms with Crippen LogP contribution < -0.4 is 5.73 Å². The minimum Gasteiger partial charge on any atom is -0.479 e. The normalized spacial score (nSPS) is 12.1. The van der Waals surface area contributed by atoms with E-state index in [2.05, 4.69) is 0 Å². The van der Waals surface area contributed by atoms with Crippen molar-refractivity contribution in [1.82, 2.24) is 0 Å². The van der Waals surface area contributed by atoms with Gasteiger partial charge in [0.15, 0.2) is 6.10 Å². The molecule has 1 unspecified atom stereocenters. The lowest BCUT2D eigenvalue weighted by Crippen LogP contribution is -2.16. The van der Waals surface area contributed by atoms with Gasteiger partial charge in [-0.05, 0) is 18.6 Å². The molecule has 0 aliphatic carbocycles. The third-order valence-corrected chi connectivity index (χ3v) is 2.18. The van der Waals surface area contributed by atoms with Gasteiger partial charge in [-0.25, -0.2) is 4.79 Å². The van der Waals surface area contributed by atoms with Crippen LogP contribution in [0, 0.1) is 0 Å². The molecule has 0 amide bonds. The third-order valence-electron chi connectivity index (χ3n) is 2.18. The monoisotopic (exact) mass is 223 g/mol. The molecule has 0 spiro atoms. The summed E-state index contributed by atoms with van der Waals surface area (Å²) in [7, 11) is 0. The number of aliphatic hydroxyl groups excluding tert-OH is 1. The van der Waals surface area contributed by atoms with Crippen LogP contribution in [0.25, 0.3) is 0 Å². The number of anilines is 1. The van der Waals surface area contributed by atoms with Crippen molar-refractivity contribution in [2.75, 3.05) is 5.73 Å². The second kappa shape index (κ2) is 4.76. The highest BCUT2D eigenvalue weighted by Gasteiger charge is 2.22. The van der Waals surface area contributed by atoms with Crippen molar-refractivity contribution in [3.05, 3.63) is 29.3 Å². The van der Waals surface area contributed by atoms with Crippen molar-refractivity contribution in [1.29, 1.82) is 0 Å². The van der Waals surface area contributed by atoms with Gasteiger partial charge in [0.05, 0.1) is 0 Å². The summed E-state index contributed by atoms with van der Waals surface area (Å²) in [6, 6.07) is 4.69. The molecule has 0 bridgehead atoms. The second-order valence-corrected chi connectivity index (χ2v) is 3.54. The molecule has 16 heavy (non-hydrogen) atoms. The van der Waals surface area contributed by atoms with Gasteiger partial charge >= 0.3 is 5.97 Å². The summed E-state index contributed by atoms with van der Waals surface area (Å²) in [4.78, 5) is 21.7. The Hall–Kier alpha value is -1.88. The van der Waals surface area contributed by atoms with Crippen LogP contribution in [-0.2, 0) is 16.0 Å². The van der Waals surface area contributed by atoms with Crippen LogP contribution >= 0.6 is 0 Å². The summed E-state index contributed by atoms with van der Waals surface area (Å²) in [5.41, 5.74) is 6.32. The van der Waals surface area contributed by atoms with E-state index in [9.17, 15) is 14.7 Å². The number of benzene rings is 1. The Morgan fingerprint density at radius 3 is 2.56 bits per heavy atom. The molecule has 0 radical (unpaired) electrons. The SMILES string of the molecule is CC(=O)Cc1cccc(N)c1C(O)C(=O)O. The van der Waals surface area contributed by atoms with E-state index < -0.39 is 12.1 Å². The number of nitrogens with two attached hydrogens (primary N) is 1. The fourth-order valence-electron chi connectivity index (χ4n) is 1.51. The number of carbonyl (C=O) groups is 2. The fraction of sp³-hybridized carbons (Fsp3) is 0.273. The first kappa shape index (κ1) is 12.2. The maximum atomic E-state index is 11.0. The van der Waals surface area contributed by atoms with Gasteiger partial charge in [-0.3, -0.25) is 4.79 Å². The molecule has 0 heterocycles. The lowest BCUT2D eigenvalue weighted by atomic mass is 9.97. The molecule has 5 heteroatoms. The first-order valence-electron chi connectivity index (χ1n) is 4.71. The molecule has 0 aromatic heterocycles. The van der Waals surface area contributed by atoms with Crippen molar-refractivity contribution in [3.63, 3.8) is 0 Å². The average Bonchev–Trinajstić information content (AvgIpc) is 2.16. The Bertz CT molecular complexity index is 428. The lowest BCUT2D eigenvalue weighted by molar-refractivity contribution is -0.147. The van der Waals surface area contributed by atoms with Gasteiger partial charge in [0.2, 0.25) is 0 Å². The van der Waals surface area contributed by atoms with E-state index >= 15 is 0 Å². The molecule has 0 aliphatic rings. The van der Waals surface area contributed by atoms with E-state index in [0.29, 0.717) is 5.56 Å². The van der Waals surface area contributed by atoms with Gasteiger partial charge in [0.1, 0.15) is 5.78 Å². The highest BCUT2D eigenvalue weighted by molar-refractivity contribution is 5.82. The first-order valence-corrected chi connectivity index (χ1v) is 4.71. The minimum absolute atomic E-state index is 0.0602. The molecule has 86 valence electrons. The van der Waals surface area contributed by atoms with Crippen LogP contribution in [0.2, 0.25) is 0 Å². The third kappa shape index (κ3) is 2.58. The number of nitrogen functional groups attached to an aromatic ring is 1. The van der Waals surface area contributed by atoms with Crippen LogP contribution in [0.15, 0.2) is 18.2 Å². The summed E-state index contributed by atoms with van der Waals surface area (Å²) in [6.07, 6.45) is -1.64. The number of aliphatic hydroxyl groups is 1. The summed E-state index contributed by atoms with van der Waals surface area (Å²) < 4.78 is 0. The van der Waals surface area contributed by atoms with Gasteiger partial charge in [-0.2, -0.15) is 0 Å². The van der Waals surface area contributed by atoms with Crippen molar-refractivity contribution >= 4 is 17.4 Å². The number of Topliss-reactive ketones (excluding diaryl/α,β-unsaturated/α-hetero) is 1. The van der Waals surface area contributed by atoms with Crippen LogP contribution in [-0.4, -0.2) is 22.0 Å². The van der Waals surface area contributed by atoms with Gasteiger partial charge < -0.3 is 15.9 Å². The second-order valence-electron chi connectivity index (χ2n) is 3.54. The maximum Gasteiger partial charge on any atom is 0.337 e. The molecule has 0 saturated heterocycles. The predicted octanol–water partition coefficient (Wildman–Crippen LogP) is 0.518. The first-order chi connectivity index (χ1) is 7.43. The van der Waals surface area contributed by atoms with Crippen molar-refractivity contribution in [3.8, 4) is 0 Å². The molecule has 0 saturated carbocycles. The molecular formula is C11H13NO4. The quantitative estimate of drug-likeness (QED) is 0.646. The Kier molecular flexibility index (Phi) is 3.63. The summed E-state index contributed by atoms with van der Waals surface area (Å²) >= 11 is 0. The van der Waals surface area contributed by atoms with E-state index in [-0.39, 0.29) is 23.5 Å². The molecular weight excluding hydrogens is 210 g/mol. The zero-order valence-corrected chi connectivity index (χ0v) is 8.80. The highest BCUT2D eigenvalue weighted by Crippen LogP contribution is 2.25. The van der Waals surface area contributed by atoms with E-state index in [1.165, 1.54) is 13.0 Å². The number of carboxylic acid groups (broad SMARTS) is 1. The molecule has 1 atom stereocenters. The van der Waals surface area contributed by atoms with Crippen LogP contribution in [0.5, 0.6) is 0 Å². The number of aliphatic carboxylic acids is 1. The maximum absolute atomic E-state index is 11.0. The standard InChI is InChI=1S/C11H13NO4/c1-6(13)5-7-3-2-4-8(12)9(7)10(14)11(15)16/h2-4,10,14H,5,12H2,1H3,(H,15,16). The van der Waals surface area contributed by atoms with Crippen LogP contribution in [0.3, 0.4) is 0 Å². The van der Waals surface area contributed by atoms with Gasteiger partial charge in [0.25, 0.3) is 0 Å². The van der Waals surface area contributed by atoms with E-state index in [1.807, 2.05) is 0 Å². The van der Waals surface area contributed by atoms with Gasteiger partial charge in [-0.1, -0.05) is 12.1 Å². The molecule has 5 nitrogen and oxygen atoms in total. The number of carboxylic acids is 1. The van der Waals surface area contributed by atoms with E-state index in [1.54, 1.807) is 12.1 Å². The predicted molar refractivity (Wildman–Crippen MR) is 57.8 cm³/mol. The minimum atomic E-state index is -1.70. The van der Waals surface area contributed by atoms with Gasteiger partial charge in [-0.15, -0.1) is 0 Å². The smallest absolute Gasteiger partial charge is 0.337 e. The molecule has 0 fully saturated rings. The zero-order chi connectivity index (χ0) is 12.3. The summed E-state index contributed by atoms with van der Waals surface area (Å²) in [5.74, 6) is -1.51. The van der Waals surface area contributed by atoms with Crippen LogP contribution in [0.4, 0.5) is 5.69 Å². The highest BCUT2D eigenvalue weighted by atomic mass is 16.4. The largest absolute Gasteiger partial charge is 0.479 e. The summed E-state index contributed by atoms with van der Waals surface area (Å²) in [5, 5.41) is 18.2. The lowest BCUT2D eigenvalue weighted by Gasteiger charge is -2.13. The Morgan fingerprint density at radius 1 is 1.44 bits per heavy atom. The Balaban J connectivity index is 3.22. The number of rotatable bonds is 4. The number of hydrogen-bond donors (Lipinski definition) is 3. The number of carbonyl (C=O) groups excluding carboxylic acids is 1. The molecule has 4 N–H and O–H groups in total. The van der Waals surface area contributed by atoms with E-state index in [4.69, 9.17) is 10.8 Å². The van der Waals surface area contributed by atoms with E-state index in [0.717, 1.165) is 0 Å². The Morgan fingerprint density at radius 2 is 2.06 bits per heavy atom. The zero-order valence-electron chi connectivity index (χ0n) is 8.80. The molecule has 1 aromatic carbocycles. The molecule has 0 aliphatic heterocycles. The molecule has 1 aromatic rings. The Labute approximate surface area is 92.5 Å². The fourth-order valence-corrected chi connectivity index (χ4v) is 1.51. The van der Waals surface area contributed by atoms with Crippen LogP contribution in [0.1, 0.15) is 24.2 Å². The van der Waals surface area contributed by atoms with Crippen molar-refractivity contribution < 1.29 is 19.8 Å². The average molecular weight is 223 g/mol. The number of hydrogen-bond acceptors (Lipinski definition) is 4.